The maximum absolute atomic E-state index is 13.2. The number of hydrogen-bond acceptors (Lipinski definition) is 7. The van der Waals surface area contributed by atoms with Gasteiger partial charge in [0.25, 0.3) is 10.0 Å². The SMILES string of the molecule is CCS(=N)(=O)CC1CCC(N(C)c2ncnc3c2ccn3S(=O)(=O)c2ccc(C)cc2)CC1. The van der Waals surface area contributed by atoms with E-state index in [0.717, 1.165) is 31.2 Å². The summed E-state index contributed by atoms with van der Waals surface area (Å²) < 4.78 is 47.8. The zero-order chi connectivity index (χ0) is 23.8. The Morgan fingerprint density at radius 2 is 1.73 bits per heavy atom. The van der Waals surface area contributed by atoms with Crippen LogP contribution in [0.3, 0.4) is 0 Å². The first kappa shape index (κ1) is 23.7. The standard InChI is InChI=1S/C23H31N5O3S2/c1-4-32(24,29)15-18-7-9-19(10-8-18)27(3)22-21-13-14-28(23(21)26-16-25-22)33(30,31)20-11-5-17(2)6-12-20/h5-6,11-14,16,18-19,24H,4,7-10,15H2,1-3H3. The second-order valence-electron chi connectivity index (χ2n) is 8.92. The number of anilines is 1. The molecule has 1 aromatic carbocycles. The summed E-state index contributed by atoms with van der Waals surface area (Å²) in [5.41, 5.74) is 1.35. The van der Waals surface area contributed by atoms with Crippen molar-refractivity contribution in [1.82, 2.24) is 13.9 Å². The Kier molecular flexibility index (Phi) is 6.50. The molecule has 0 spiro atoms. The smallest absolute Gasteiger partial charge is 0.269 e. The van der Waals surface area contributed by atoms with Crippen LogP contribution in [0, 0.1) is 17.6 Å². The minimum atomic E-state index is -3.77. The molecule has 4 rings (SSSR count). The Balaban J connectivity index is 1.58. The molecular formula is C23H31N5O3S2. The Morgan fingerprint density at radius 3 is 2.36 bits per heavy atom. The van der Waals surface area contributed by atoms with E-state index in [1.165, 1.54) is 10.3 Å². The van der Waals surface area contributed by atoms with Crippen LogP contribution in [0.4, 0.5) is 5.82 Å². The highest BCUT2D eigenvalue weighted by Crippen LogP contribution is 2.33. The fourth-order valence-corrected chi connectivity index (χ4v) is 7.22. The summed E-state index contributed by atoms with van der Waals surface area (Å²) in [6, 6.07) is 8.79. The number of nitrogens with zero attached hydrogens (tertiary/aromatic N) is 4. The van der Waals surface area contributed by atoms with Gasteiger partial charge in [0, 0.05) is 40.5 Å². The van der Waals surface area contributed by atoms with Crippen molar-refractivity contribution in [2.45, 2.75) is 50.5 Å². The lowest BCUT2D eigenvalue weighted by Gasteiger charge is -2.35. The van der Waals surface area contributed by atoms with Crippen LogP contribution >= 0.6 is 0 Å². The van der Waals surface area contributed by atoms with Crippen LogP contribution in [0.1, 0.15) is 38.2 Å². The number of rotatable bonds is 7. The Hall–Kier alpha value is -2.46. The van der Waals surface area contributed by atoms with Gasteiger partial charge in [0.2, 0.25) is 0 Å². The fourth-order valence-electron chi connectivity index (χ4n) is 4.58. The molecule has 3 aromatic rings. The van der Waals surface area contributed by atoms with Crippen molar-refractivity contribution >= 4 is 36.6 Å². The molecule has 1 unspecified atom stereocenters. The van der Waals surface area contributed by atoms with Gasteiger partial charge < -0.3 is 4.90 Å². The molecule has 8 nitrogen and oxygen atoms in total. The quantitative estimate of drug-likeness (QED) is 0.536. The first-order chi connectivity index (χ1) is 15.6. The lowest BCUT2D eigenvalue weighted by atomic mass is 9.86. The van der Waals surface area contributed by atoms with Crippen LogP contribution in [-0.2, 0) is 19.8 Å². The highest BCUT2D eigenvalue weighted by molar-refractivity contribution is 7.92. The molecule has 0 bridgehead atoms. The Morgan fingerprint density at radius 1 is 1.06 bits per heavy atom. The number of aromatic nitrogens is 3. The van der Waals surface area contributed by atoms with Gasteiger partial charge in [-0.2, -0.15) is 0 Å². The molecule has 0 amide bonds. The summed E-state index contributed by atoms with van der Waals surface area (Å²) in [4.78, 5) is 11.1. The highest BCUT2D eigenvalue weighted by atomic mass is 32.2. The van der Waals surface area contributed by atoms with Crippen LogP contribution in [0.5, 0.6) is 0 Å². The van der Waals surface area contributed by atoms with Gasteiger partial charge in [0.05, 0.1) is 10.3 Å². The van der Waals surface area contributed by atoms with Gasteiger partial charge in [-0.05, 0) is 56.7 Å². The maximum Gasteiger partial charge on any atom is 0.269 e. The molecule has 1 atom stereocenters. The monoisotopic (exact) mass is 489 g/mol. The lowest BCUT2D eigenvalue weighted by molar-refractivity contribution is 0.342. The zero-order valence-corrected chi connectivity index (χ0v) is 20.9. The van der Waals surface area contributed by atoms with Gasteiger partial charge >= 0.3 is 0 Å². The molecule has 0 radical (unpaired) electrons. The zero-order valence-electron chi connectivity index (χ0n) is 19.3. The maximum atomic E-state index is 13.2. The van der Waals surface area contributed by atoms with Gasteiger partial charge in [-0.15, -0.1) is 0 Å². The molecule has 0 saturated heterocycles. The first-order valence-corrected chi connectivity index (χ1v) is 14.6. The summed E-state index contributed by atoms with van der Waals surface area (Å²) in [5.74, 6) is 1.93. The first-order valence-electron chi connectivity index (χ1n) is 11.2. The highest BCUT2D eigenvalue weighted by Gasteiger charge is 2.28. The predicted molar refractivity (Wildman–Crippen MR) is 132 cm³/mol. The van der Waals surface area contributed by atoms with Gasteiger partial charge in [0.1, 0.15) is 12.1 Å². The van der Waals surface area contributed by atoms with E-state index in [1.807, 2.05) is 20.9 Å². The van der Waals surface area contributed by atoms with Crippen molar-refractivity contribution < 1.29 is 12.6 Å². The number of benzene rings is 1. The molecule has 2 aromatic heterocycles. The van der Waals surface area contributed by atoms with Crippen molar-refractivity contribution in [3.05, 3.63) is 48.4 Å². The minimum Gasteiger partial charge on any atom is -0.356 e. The summed E-state index contributed by atoms with van der Waals surface area (Å²) in [5, 5.41) is 0.693. The van der Waals surface area contributed by atoms with Gasteiger partial charge in [-0.1, -0.05) is 24.6 Å². The molecule has 1 fully saturated rings. The van der Waals surface area contributed by atoms with Gasteiger partial charge in [-0.3, -0.25) is 4.78 Å². The van der Waals surface area contributed by atoms with E-state index in [0.29, 0.717) is 34.3 Å². The third kappa shape index (κ3) is 4.77. The van der Waals surface area contributed by atoms with Crippen LogP contribution in [0.25, 0.3) is 11.0 Å². The average Bonchev–Trinajstić information content (AvgIpc) is 3.24. The number of fused-ring (bicyclic) bond motifs is 1. The van der Waals surface area contributed by atoms with E-state index in [1.54, 1.807) is 36.5 Å². The van der Waals surface area contributed by atoms with Crippen LogP contribution in [-0.4, -0.2) is 51.2 Å². The molecule has 1 aliphatic carbocycles. The predicted octanol–water partition coefficient (Wildman–Crippen LogP) is 4.04. The normalized spacial score (nSPS) is 21.1. The molecule has 1 N–H and O–H groups in total. The molecule has 0 aliphatic heterocycles. The van der Waals surface area contributed by atoms with Crippen molar-refractivity contribution in [2.75, 3.05) is 23.5 Å². The summed E-state index contributed by atoms with van der Waals surface area (Å²) >= 11 is 0. The molecule has 178 valence electrons. The van der Waals surface area contributed by atoms with E-state index >= 15 is 0 Å². The largest absolute Gasteiger partial charge is 0.356 e. The molecule has 1 saturated carbocycles. The topological polar surface area (TPSA) is 109 Å². The third-order valence-electron chi connectivity index (χ3n) is 6.67. The van der Waals surface area contributed by atoms with Gasteiger partial charge in [0.15, 0.2) is 5.65 Å². The lowest BCUT2D eigenvalue weighted by Crippen LogP contribution is -2.37. The Labute approximate surface area is 196 Å². The molecule has 10 heteroatoms. The van der Waals surface area contributed by atoms with Crippen molar-refractivity contribution in [3.8, 4) is 0 Å². The minimum absolute atomic E-state index is 0.218. The van der Waals surface area contributed by atoms with Crippen LogP contribution in [0.15, 0.2) is 47.8 Å². The summed E-state index contributed by atoms with van der Waals surface area (Å²) in [6.07, 6.45) is 6.67. The number of aryl methyl sites for hydroxylation is 1. The van der Waals surface area contributed by atoms with E-state index in [2.05, 4.69) is 14.9 Å². The van der Waals surface area contributed by atoms with E-state index in [4.69, 9.17) is 4.78 Å². The fraction of sp³-hybridized carbons (Fsp3) is 0.478. The average molecular weight is 490 g/mol. The van der Waals surface area contributed by atoms with Crippen molar-refractivity contribution in [1.29, 1.82) is 4.78 Å². The van der Waals surface area contributed by atoms with E-state index in [-0.39, 0.29) is 10.9 Å². The summed E-state index contributed by atoms with van der Waals surface area (Å²) in [7, 11) is -4.25. The van der Waals surface area contributed by atoms with Gasteiger partial charge in [-0.25, -0.2) is 26.6 Å². The van der Waals surface area contributed by atoms with Crippen molar-refractivity contribution in [2.24, 2.45) is 5.92 Å². The van der Waals surface area contributed by atoms with Crippen LogP contribution < -0.4 is 4.90 Å². The van der Waals surface area contributed by atoms with Crippen molar-refractivity contribution in [3.63, 3.8) is 0 Å². The number of nitrogens with one attached hydrogen (secondary N) is 1. The molecule has 33 heavy (non-hydrogen) atoms. The second-order valence-corrected chi connectivity index (χ2v) is 13.3. The third-order valence-corrected chi connectivity index (χ3v) is 10.3. The molecule has 1 aliphatic rings. The van der Waals surface area contributed by atoms with E-state index < -0.39 is 19.8 Å². The van der Waals surface area contributed by atoms with Crippen LogP contribution in [0.2, 0.25) is 0 Å². The van der Waals surface area contributed by atoms with E-state index in [9.17, 15) is 12.6 Å². The molecular weight excluding hydrogens is 458 g/mol. The Bertz CT molecular complexity index is 1340. The molecule has 2 heterocycles. The number of hydrogen-bond donors (Lipinski definition) is 1. The second kappa shape index (κ2) is 9.06. The summed E-state index contributed by atoms with van der Waals surface area (Å²) in [6.45, 7) is 3.74.